The van der Waals surface area contributed by atoms with Gasteiger partial charge in [-0.3, -0.25) is 4.79 Å². The molecule has 0 radical (unpaired) electrons. The van der Waals surface area contributed by atoms with E-state index in [0.29, 0.717) is 18.1 Å². The molecule has 6 heteroatoms. The Kier molecular flexibility index (Phi) is 2.95. The van der Waals surface area contributed by atoms with Gasteiger partial charge < -0.3 is 4.52 Å². The average molecular weight is 263 g/mol. The van der Waals surface area contributed by atoms with Crippen molar-refractivity contribution in [2.45, 2.75) is 32.6 Å². The third kappa shape index (κ3) is 2.64. The highest BCUT2D eigenvalue weighted by Crippen LogP contribution is 2.30. The second kappa shape index (κ2) is 4.61. The van der Waals surface area contributed by atoms with E-state index in [4.69, 9.17) is 4.52 Å². The van der Waals surface area contributed by atoms with Gasteiger partial charge in [0.2, 0.25) is 5.89 Å². The number of nitrogens with zero attached hydrogens (tertiary/aromatic N) is 3. The van der Waals surface area contributed by atoms with Crippen LogP contribution < -0.4 is 0 Å². The minimum absolute atomic E-state index is 0.218. The molecule has 0 unspecified atom stereocenters. The molecule has 0 N–H and O–H groups in total. The maximum atomic E-state index is 11.6. The Balaban J connectivity index is 1.63. The van der Waals surface area contributed by atoms with Gasteiger partial charge >= 0.3 is 0 Å². The Labute approximate surface area is 108 Å². The minimum atomic E-state index is 0.218. The van der Waals surface area contributed by atoms with Crippen LogP contribution in [0.2, 0.25) is 0 Å². The number of aromatic nitrogens is 3. The van der Waals surface area contributed by atoms with E-state index in [1.54, 1.807) is 11.3 Å². The molecule has 0 atom stereocenters. The van der Waals surface area contributed by atoms with Gasteiger partial charge in [-0.25, -0.2) is 4.98 Å². The van der Waals surface area contributed by atoms with Crippen LogP contribution in [0.15, 0.2) is 9.90 Å². The lowest BCUT2D eigenvalue weighted by Gasteiger charge is -1.90. The van der Waals surface area contributed by atoms with Gasteiger partial charge in [0.15, 0.2) is 5.82 Å². The van der Waals surface area contributed by atoms with Crippen LogP contribution in [0.1, 0.15) is 35.3 Å². The summed E-state index contributed by atoms with van der Waals surface area (Å²) in [6.45, 7) is 1.95. The molecule has 2 aromatic rings. The number of carbonyl (C=O) groups excluding carboxylic acids is 1. The summed E-state index contributed by atoms with van der Waals surface area (Å²) in [5.74, 6) is 1.48. The summed E-state index contributed by atoms with van der Waals surface area (Å²) in [5, 5.41) is 6.84. The fourth-order valence-electron chi connectivity index (χ4n) is 1.75. The monoisotopic (exact) mass is 263 g/mol. The Morgan fingerprint density at radius 2 is 2.33 bits per heavy atom. The van der Waals surface area contributed by atoms with Crippen LogP contribution in [0.4, 0.5) is 0 Å². The number of ketones is 1. The molecule has 0 saturated heterocycles. The largest absolute Gasteiger partial charge is 0.339 e. The molecule has 5 nitrogen and oxygen atoms in total. The van der Waals surface area contributed by atoms with Crippen molar-refractivity contribution in [2.24, 2.45) is 5.92 Å². The van der Waals surface area contributed by atoms with Crippen molar-refractivity contribution in [3.63, 3.8) is 0 Å². The quantitative estimate of drug-likeness (QED) is 0.824. The molecule has 18 heavy (non-hydrogen) atoms. The van der Waals surface area contributed by atoms with Crippen molar-refractivity contribution in [1.82, 2.24) is 15.1 Å². The molecule has 1 fully saturated rings. The highest BCUT2D eigenvalue weighted by atomic mass is 32.1. The highest BCUT2D eigenvalue weighted by molar-refractivity contribution is 7.09. The summed E-state index contributed by atoms with van der Waals surface area (Å²) in [7, 11) is 0. The average Bonchev–Trinajstić information content (AvgIpc) is 2.99. The van der Waals surface area contributed by atoms with Crippen LogP contribution in [0, 0.1) is 12.8 Å². The van der Waals surface area contributed by atoms with Crippen LogP contribution in [-0.2, 0) is 17.6 Å². The molecule has 1 aliphatic rings. The highest BCUT2D eigenvalue weighted by Gasteiger charge is 2.30. The van der Waals surface area contributed by atoms with Crippen LogP contribution in [0.3, 0.4) is 0 Å². The third-order valence-corrected chi connectivity index (χ3v) is 3.81. The zero-order chi connectivity index (χ0) is 12.5. The lowest BCUT2D eigenvalue weighted by molar-refractivity contribution is -0.119. The summed E-state index contributed by atoms with van der Waals surface area (Å²) in [6.07, 6.45) is 2.87. The molecule has 2 aromatic heterocycles. The molecule has 1 aliphatic carbocycles. The van der Waals surface area contributed by atoms with Gasteiger partial charge in [-0.1, -0.05) is 5.16 Å². The minimum Gasteiger partial charge on any atom is -0.339 e. The van der Waals surface area contributed by atoms with Gasteiger partial charge in [-0.15, -0.1) is 11.3 Å². The van der Waals surface area contributed by atoms with Gasteiger partial charge in [0.25, 0.3) is 0 Å². The number of hydrogen-bond acceptors (Lipinski definition) is 6. The van der Waals surface area contributed by atoms with Crippen molar-refractivity contribution in [2.75, 3.05) is 0 Å². The standard InChI is InChI=1S/C12H13N3O2S/c1-7-6-18-12(13-7)5-10-14-11(17-15-10)4-9(16)8-2-3-8/h6,8H,2-5H2,1H3. The summed E-state index contributed by atoms with van der Waals surface area (Å²) in [4.78, 5) is 20.2. The Morgan fingerprint density at radius 1 is 1.50 bits per heavy atom. The number of carbonyl (C=O) groups is 1. The third-order valence-electron chi connectivity index (χ3n) is 2.84. The second-order valence-corrected chi connectivity index (χ2v) is 5.52. The van der Waals surface area contributed by atoms with E-state index in [0.717, 1.165) is 23.5 Å². The van der Waals surface area contributed by atoms with Gasteiger partial charge in [0.1, 0.15) is 10.8 Å². The Hall–Kier alpha value is -1.56. The first-order valence-corrected chi connectivity index (χ1v) is 6.84. The lowest BCUT2D eigenvalue weighted by Crippen LogP contribution is -2.04. The van der Waals surface area contributed by atoms with Gasteiger partial charge in [0, 0.05) is 17.0 Å². The number of thiazole rings is 1. The van der Waals surface area contributed by atoms with Gasteiger partial charge in [0.05, 0.1) is 12.8 Å². The van der Waals surface area contributed by atoms with Crippen LogP contribution in [0.5, 0.6) is 0 Å². The first kappa shape index (κ1) is 11.5. The molecule has 0 spiro atoms. The van der Waals surface area contributed by atoms with Crippen molar-refractivity contribution in [3.05, 3.63) is 27.8 Å². The van der Waals surface area contributed by atoms with E-state index in [2.05, 4.69) is 15.1 Å². The molecule has 0 amide bonds. The number of hydrogen-bond donors (Lipinski definition) is 0. The lowest BCUT2D eigenvalue weighted by atomic mass is 10.2. The molecular weight excluding hydrogens is 250 g/mol. The number of rotatable bonds is 5. The summed E-state index contributed by atoms with van der Waals surface area (Å²) in [6, 6.07) is 0. The van der Waals surface area contributed by atoms with E-state index < -0.39 is 0 Å². The zero-order valence-electron chi connectivity index (χ0n) is 10.0. The van der Waals surface area contributed by atoms with E-state index in [1.165, 1.54) is 0 Å². The predicted octanol–water partition coefficient (Wildman–Crippen LogP) is 1.95. The van der Waals surface area contributed by atoms with Crippen LogP contribution in [0.25, 0.3) is 0 Å². The first-order chi connectivity index (χ1) is 8.70. The molecule has 1 saturated carbocycles. The number of Topliss-reactive ketones (excluding diaryl/α,β-unsaturated/α-hetero) is 1. The van der Waals surface area contributed by atoms with Crippen LogP contribution in [-0.4, -0.2) is 20.9 Å². The van der Waals surface area contributed by atoms with Crippen molar-refractivity contribution >= 4 is 17.1 Å². The maximum Gasteiger partial charge on any atom is 0.234 e. The maximum absolute atomic E-state index is 11.6. The van der Waals surface area contributed by atoms with E-state index in [-0.39, 0.29) is 18.1 Å². The van der Waals surface area contributed by atoms with E-state index in [9.17, 15) is 4.79 Å². The van der Waals surface area contributed by atoms with Crippen molar-refractivity contribution in [3.8, 4) is 0 Å². The topological polar surface area (TPSA) is 68.9 Å². The second-order valence-electron chi connectivity index (χ2n) is 4.58. The molecule has 3 rings (SSSR count). The fourth-order valence-corrected chi connectivity index (χ4v) is 2.52. The summed E-state index contributed by atoms with van der Waals surface area (Å²) in [5.41, 5.74) is 1.00. The normalized spacial score (nSPS) is 14.9. The SMILES string of the molecule is Cc1csc(Cc2noc(CC(=O)C3CC3)n2)n1. The predicted molar refractivity (Wildman–Crippen MR) is 65.4 cm³/mol. The van der Waals surface area contributed by atoms with Crippen LogP contribution >= 0.6 is 11.3 Å². The molecule has 0 bridgehead atoms. The van der Waals surface area contributed by atoms with Crippen molar-refractivity contribution in [1.29, 1.82) is 0 Å². The molecule has 0 aliphatic heterocycles. The molecule has 0 aromatic carbocycles. The van der Waals surface area contributed by atoms with Gasteiger partial charge in [-0.2, -0.15) is 4.98 Å². The van der Waals surface area contributed by atoms with E-state index in [1.807, 2.05) is 12.3 Å². The Morgan fingerprint density at radius 3 is 3.00 bits per heavy atom. The smallest absolute Gasteiger partial charge is 0.234 e. The fraction of sp³-hybridized carbons (Fsp3) is 0.500. The first-order valence-electron chi connectivity index (χ1n) is 5.96. The zero-order valence-corrected chi connectivity index (χ0v) is 10.9. The van der Waals surface area contributed by atoms with Crippen molar-refractivity contribution < 1.29 is 9.32 Å². The molecule has 2 heterocycles. The van der Waals surface area contributed by atoms with E-state index >= 15 is 0 Å². The summed E-state index contributed by atoms with van der Waals surface area (Å²) < 4.78 is 5.09. The molecule has 94 valence electrons. The number of aryl methyl sites for hydroxylation is 1. The molecular formula is C12H13N3O2S. The summed E-state index contributed by atoms with van der Waals surface area (Å²) >= 11 is 1.58. The van der Waals surface area contributed by atoms with Gasteiger partial charge in [-0.05, 0) is 19.8 Å². The Bertz CT molecular complexity index is 571.